The number of hydrogen-bond acceptors (Lipinski definition) is 9. The van der Waals surface area contributed by atoms with Crippen LogP contribution in [0, 0.1) is 12.3 Å². The third kappa shape index (κ3) is 5.56. The first-order chi connectivity index (χ1) is 18.9. The number of anilines is 2. The van der Waals surface area contributed by atoms with Crippen molar-refractivity contribution >= 4 is 29.0 Å². The summed E-state index contributed by atoms with van der Waals surface area (Å²) in [6.07, 6.45) is 6.64. The first-order valence-electron chi connectivity index (χ1n) is 13.3. The maximum Gasteiger partial charge on any atom is 0.251 e. The number of amides is 1. The maximum atomic E-state index is 12.9. The molecule has 1 unspecified atom stereocenters. The third-order valence-electron chi connectivity index (χ3n) is 7.56. The Morgan fingerprint density at radius 2 is 2.03 bits per heavy atom. The van der Waals surface area contributed by atoms with Gasteiger partial charge in [0.25, 0.3) is 5.91 Å². The molecular weight excluding hydrogens is 494 g/mol. The number of nitrogens with one attached hydrogen (secondary N) is 3. The molecule has 0 spiro atoms. The van der Waals surface area contributed by atoms with E-state index in [4.69, 9.17) is 19.5 Å². The molecule has 39 heavy (non-hydrogen) atoms. The number of methoxy groups -OCH3 is 1. The fourth-order valence-corrected chi connectivity index (χ4v) is 5.27. The van der Waals surface area contributed by atoms with Crippen molar-refractivity contribution in [3.63, 3.8) is 0 Å². The highest BCUT2D eigenvalue weighted by Crippen LogP contribution is 2.34. The molecule has 10 heteroatoms. The van der Waals surface area contributed by atoms with Gasteiger partial charge in [-0.05, 0) is 88.1 Å². The summed E-state index contributed by atoms with van der Waals surface area (Å²) in [5.41, 5.74) is 5.10. The smallest absolute Gasteiger partial charge is 0.251 e. The van der Waals surface area contributed by atoms with Crippen LogP contribution in [0.3, 0.4) is 0 Å². The standard InChI is InChI=1S/C29H35N7O3/c1-17-11-14-39-27(17)26(31-2)24-21(30)7-5-19-16-32-29(35-25(19)24)34-22-8-6-18(15-23(22)38-4)28(37)33-20-9-12-36(3)13-10-20/h6,8,11,14-16,20,24,30H,5,7,9-10,12-13H2,1-4H3,(H,33,37)(H,32,34,35). The second kappa shape index (κ2) is 11.4. The minimum absolute atomic E-state index is 0.111. The number of furan rings is 1. The molecule has 204 valence electrons. The molecule has 1 atom stereocenters. The Bertz CT molecular complexity index is 1410. The topological polar surface area (TPSA) is 129 Å². The van der Waals surface area contributed by atoms with Crippen LogP contribution in [-0.4, -0.2) is 72.5 Å². The van der Waals surface area contributed by atoms with Gasteiger partial charge in [-0.2, -0.15) is 0 Å². The number of aliphatic imine (C=N–C) groups is 1. The van der Waals surface area contributed by atoms with Crippen LogP contribution < -0.4 is 15.4 Å². The zero-order valence-corrected chi connectivity index (χ0v) is 22.9. The molecule has 0 bridgehead atoms. The molecule has 1 aliphatic carbocycles. The third-order valence-corrected chi connectivity index (χ3v) is 7.56. The number of benzene rings is 1. The summed E-state index contributed by atoms with van der Waals surface area (Å²) in [5.74, 6) is 1.03. The van der Waals surface area contributed by atoms with Crippen LogP contribution in [0.4, 0.5) is 11.6 Å². The lowest BCUT2D eigenvalue weighted by Gasteiger charge is -2.29. The van der Waals surface area contributed by atoms with Crippen molar-refractivity contribution in [2.45, 2.75) is 44.6 Å². The zero-order chi connectivity index (χ0) is 27.5. The van der Waals surface area contributed by atoms with Crippen molar-refractivity contribution in [1.29, 1.82) is 5.41 Å². The molecule has 0 radical (unpaired) electrons. The van der Waals surface area contributed by atoms with Crippen LogP contribution in [0.25, 0.3) is 0 Å². The molecule has 3 N–H and O–H groups in total. The van der Waals surface area contributed by atoms with Crippen molar-refractivity contribution in [3.05, 3.63) is 64.9 Å². The quantitative estimate of drug-likeness (QED) is 0.393. The normalized spacial score (nSPS) is 18.5. The highest BCUT2D eigenvalue weighted by molar-refractivity contribution is 6.18. The number of aryl methyl sites for hydroxylation is 2. The molecule has 3 heterocycles. The molecular formula is C29H35N7O3. The van der Waals surface area contributed by atoms with Gasteiger partial charge in [0.1, 0.15) is 5.75 Å². The predicted octanol–water partition coefficient (Wildman–Crippen LogP) is 4.12. The second-order valence-electron chi connectivity index (χ2n) is 10.2. The molecule has 0 saturated carbocycles. The van der Waals surface area contributed by atoms with E-state index in [1.807, 2.05) is 19.2 Å². The fourth-order valence-electron chi connectivity index (χ4n) is 5.27. The van der Waals surface area contributed by atoms with Gasteiger partial charge in [0.05, 0.1) is 36.4 Å². The molecule has 1 aliphatic heterocycles. The molecule has 1 amide bonds. The van der Waals surface area contributed by atoms with Crippen molar-refractivity contribution in [2.75, 3.05) is 39.6 Å². The summed E-state index contributed by atoms with van der Waals surface area (Å²) in [4.78, 5) is 29.1. The number of likely N-dealkylation sites (tertiary alicyclic amines) is 1. The van der Waals surface area contributed by atoms with Crippen LogP contribution in [0.15, 0.2) is 46.1 Å². The molecule has 2 aliphatic rings. The van der Waals surface area contributed by atoms with Crippen LogP contribution in [0.5, 0.6) is 5.75 Å². The van der Waals surface area contributed by atoms with Crippen molar-refractivity contribution < 1.29 is 13.9 Å². The van der Waals surface area contributed by atoms with Crippen molar-refractivity contribution in [2.24, 2.45) is 4.99 Å². The van der Waals surface area contributed by atoms with E-state index in [0.717, 1.165) is 42.8 Å². The Hall–Kier alpha value is -4.05. The monoisotopic (exact) mass is 529 g/mol. The van der Waals surface area contributed by atoms with Gasteiger partial charge in [0.15, 0.2) is 5.76 Å². The van der Waals surface area contributed by atoms with Gasteiger partial charge in [-0.1, -0.05) is 0 Å². The Morgan fingerprint density at radius 1 is 1.23 bits per heavy atom. The maximum absolute atomic E-state index is 12.9. The fraction of sp³-hybridized carbons (Fsp3) is 0.414. The number of nitrogens with zero attached hydrogens (tertiary/aromatic N) is 4. The Balaban J connectivity index is 1.38. The van der Waals surface area contributed by atoms with E-state index in [-0.39, 0.29) is 11.9 Å². The SMILES string of the molecule is CN=C(c1occc1C)C1C(=N)CCc2cnc(Nc3ccc(C(=O)NC4CCN(C)CC4)cc3OC)nc21. The van der Waals surface area contributed by atoms with E-state index in [2.05, 4.69) is 32.6 Å². The first kappa shape index (κ1) is 26.6. The van der Waals surface area contributed by atoms with Gasteiger partial charge in [-0.15, -0.1) is 0 Å². The molecule has 2 aromatic heterocycles. The lowest BCUT2D eigenvalue weighted by Crippen LogP contribution is -2.43. The lowest BCUT2D eigenvalue weighted by molar-refractivity contribution is 0.0916. The van der Waals surface area contributed by atoms with Crippen LogP contribution in [0.1, 0.15) is 58.1 Å². The van der Waals surface area contributed by atoms with Crippen molar-refractivity contribution in [3.8, 4) is 5.75 Å². The van der Waals surface area contributed by atoms with Gasteiger partial charge in [-0.25, -0.2) is 9.97 Å². The minimum Gasteiger partial charge on any atom is -0.495 e. The van der Waals surface area contributed by atoms with Crippen LogP contribution in [0.2, 0.25) is 0 Å². The van der Waals surface area contributed by atoms with Crippen molar-refractivity contribution in [1.82, 2.24) is 20.2 Å². The molecule has 5 rings (SSSR count). The number of carbonyl (C=O) groups excluding carboxylic acids is 1. The van der Waals surface area contributed by atoms with E-state index >= 15 is 0 Å². The average Bonchev–Trinajstić information content (AvgIpc) is 3.37. The van der Waals surface area contributed by atoms with Gasteiger partial charge in [-0.3, -0.25) is 9.79 Å². The summed E-state index contributed by atoms with van der Waals surface area (Å²) >= 11 is 0. The molecule has 1 saturated heterocycles. The van der Waals surface area contributed by atoms with E-state index in [9.17, 15) is 4.79 Å². The van der Waals surface area contributed by atoms with E-state index in [1.165, 1.54) is 0 Å². The number of hydrogen-bond donors (Lipinski definition) is 3. The van der Waals surface area contributed by atoms with Gasteiger partial charge >= 0.3 is 0 Å². The largest absolute Gasteiger partial charge is 0.495 e. The summed E-state index contributed by atoms with van der Waals surface area (Å²) in [6.45, 7) is 3.92. The van der Waals surface area contributed by atoms with E-state index < -0.39 is 5.92 Å². The Labute approximate surface area is 228 Å². The summed E-state index contributed by atoms with van der Waals surface area (Å²) in [6, 6.07) is 7.37. The lowest BCUT2D eigenvalue weighted by atomic mass is 9.81. The van der Waals surface area contributed by atoms with Gasteiger partial charge < -0.3 is 30.1 Å². The minimum atomic E-state index is -0.417. The molecule has 1 aromatic carbocycles. The molecule has 3 aromatic rings. The predicted molar refractivity (Wildman–Crippen MR) is 151 cm³/mol. The van der Waals surface area contributed by atoms with Gasteiger partial charge in [0.2, 0.25) is 5.95 Å². The zero-order valence-electron chi connectivity index (χ0n) is 22.9. The average molecular weight is 530 g/mol. The highest BCUT2D eigenvalue weighted by Gasteiger charge is 2.34. The van der Waals surface area contributed by atoms with Crippen LogP contribution >= 0.6 is 0 Å². The number of piperidine rings is 1. The first-order valence-corrected chi connectivity index (χ1v) is 13.3. The highest BCUT2D eigenvalue weighted by atomic mass is 16.5. The summed E-state index contributed by atoms with van der Waals surface area (Å²) in [5, 5.41) is 15.1. The number of aromatic nitrogens is 2. The Kier molecular flexibility index (Phi) is 7.74. The van der Waals surface area contributed by atoms with Crippen LogP contribution in [-0.2, 0) is 6.42 Å². The molecule has 10 nitrogen and oxygen atoms in total. The number of ether oxygens (including phenoxy) is 1. The number of rotatable bonds is 7. The summed E-state index contributed by atoms with van der Waals surface area (Å²) in [7, 11) is 5.38. The summed E-state index contributed by atoms with van der Waals surface area (Å²) < 4.78 is 11.3. The van der Waals surface area contributed by atoms with E-state index in [0.29, 0.717) is 53.0 Å². The number of carbonyl (C=O) groups is 1. The Morgan fingerprint density at radius 3 is 2.72 bits per heavy atom. The van der Waals surface area contributed by atoms with E-state index in [1.54, 1.807) is 38.6 Å². The second-order valence-corrected chi connectivity index (χ2v) is 10.2. The molecule has 1 fully saturated rings. The number of fused-ring (bicyclic) bond motifs is 1. The van der Waals surface area contributed by atoms with Gasteiger partial charge in [0, 0.05) is 30.6 Å².